The first-order chi connectivity index (χ1) is 8.75. The molecule has 18 heavy (non-hydrogen) atoms. The van der Waals surface area contributed by atoms with Crippen molar-refractivity contribution in [3.63, 3.8) is 0 Å². The third-order valence-corrected chi connectivity index (χ3v) is 2.97. The maximum absolute atomic E-state index is 10.2. The van der Waals surface area contributed by atoms with E-state index in [1.165, 1.54) is 6.33 Å². The molecule has 2 aromatic heterocycles. The number of aliphatic hydroxyl groups excluding tert-OH is 1. The van der Waals surface area contributed by atoms with Crippen molar-refractivity contribution in [3.8, 4) is 0 Å². The minimum atomic E-state index is -0.920. The average molecular weight is 261 g/mol. The predicted octanol–water partition coefficient (Wildman–Crippen LogP) is 2.96. The van der Waals surface area contributed by atoms with E-state index in [1.807, 2.05) is 12.1 Å². The Balaban J connectivity index is 2.07. The Bertz CT molecular complexity index is 682. The van der Waals surface area contributed by atoms with Crippen molar-refractivity contribution >= 4 is 22.6 Å². The topological polar surface area (TPSA) is 59.2 Å². The predicted molar refractivity (Wildman–Crippen MR) is 67.3 cm³/mol. The van der Waals surface area contributed by atoms with Gasteiger partial charge in [-0.05, 0) is 18.2 Å². The lowest BCUT2D eigenvalue weighted by atomic mass is 10.2. The number of aliphatic hydroxyl groups is 1. The Hall–Kier alpha value is -1.91. The van der Waals surface area contributed by atoms with E-state index in [9.17, 15) is 5.11 Å². The van der Waals surface area contributed by atoms with Crippen molar-refractivity contribution in [1.82, 2.24) is 9.97 Å². The summed E-state index contributed by atoms with van der Waals surface area (Å²) in [5, 5.41) is 11.5. The highest BCUT2D eigenvalue weighted by Crippen LogP contribution is 2.31. The molecule has 0 fully saturated rings. The number of rotatable bonds is 2. The summed E-state index contributed by atoms with van der Waals surface area (Å²) in [6.07, 6.45) is 2.03. The van der Waals surface area contributed by atoms with Crippen LogP contribution in [0.3, 0.4) is 0 Å². The second kappa shape index (κ2) is 4.40. The number of nitrogens with zero attached hydrogens (tertiary/aromatic N) is 2. The first kappa shape index (κ1) is 11.2. The fourth-order valence-electron chi connectivity index (χ4n) is 1.79. The van der Waals surface area contributed by atoms with Gasteiger partial charge < -0.3 is 9.52 Å². The smallest absolute Gasteiger partial charge is 0.154 e. The number of para-hydroxylation sites is 1. The molecular weight excluding hydrogens is 252 g/mol. The molecule has 1 N–H and O–H groups in total. The average Bonchev–Trinajstić information content (AvgIpc) is 2.84. The molecule has 0 radical (unpaired) electrons. The molecule has 2 heterocycles. The third-order valence-electron chi connectivity index (χ3n) is 2.67. The minimum absolute atomic E-state index is 0.414. The van der Waals surface area contributed by atoms with Crippen LogP contribution in [0.15, 0.2) is 47.3 Å². The first-order valence-corrected chi connectivity index (χ1v) is 5.75. The van der Waals surface area contributed by atoms with Crippen LogP contribution in [-0.2, 0) is 0 Å². The second-order valence-corrected chi connectivity index (χ2v) is 4.25. The van der Waals surface area contributed by atoms with Crippen LogP contribution in [0.25, 0.3) is 11.0 Å². The maximum Gasteiger partial charge on any atom is 0.154 e. The van der Waals surface area contributed by atoms with Crippen molar-refractivity contribution < 1.29 is 9.52 Å². The van der Waals surface area contributed by atoms with E-state index in [-0.39, 0.29) is 0 Å². The van der Waals surface area contributed by atoms with Crippen molar-refractivity contribution in [2.24, 2.45) is 0 Å². The SMILES string of the molecule is OC(c1ccncn1)c1cc2cccc(Cl)c2o1. The highest BCUT2D eigenvalue weighted by atomic mass is 35.5. The van der Waals surface area contributed by atoms with Gasteiger partial charge in [0.15, 0.2) is 11.7 Å². The Morgan fingerprint density at radius 1 is 1.28 bits per heavy atom. The maximum atomic E-state index is 10.2. The Kier molecular flexibility index (Phi) is 2.74. The molecule has 1 aromatic carbocycles. The minimum Gasteiger partial charge on any atom is -0.456 e. The number of furan rings is 1. The molecule has 90 valence electrons. The van der Waals surface area contributed by atoms with E-state index in [2.05, 4.69) is 9.97 Å². The van der Waals surface area contributed by atoms with Crippen molar-refractivity contribution in [2.45, 2.75) is 6.10 Å². The van der Waals surface area contributed by atoms with E-state index in [0.29, 0.717) is 22.1 Å². The molecule has 0 aliphatic rings. The summed E-state index contributed by atoms with van der Waals surface area (Å²) >= 11 is 6.02. The lowest BCUT2D eigenvalue weighted by Crippen LogP contribution is -2.00. The molecule has 0 aliphatic heterocycles. The fourth-order valence-corrected chi connectivity index (χ4v) is 2.01. The van der Waals surface area contributed by atoms with Crippen LogP contribution in [0.4, 0.5) is 0 Å². The van der Waals surface area contributed by atoms with Crippen molar-refractivity contribution in [3.05, 3.63) is 59.3 Å². The van der Waals surface area contributed by atoms with Crippen LogP contribution in [0.5, 0.6) is 0 Å². The summed E-state index contributed by atoms with van der Waals surface area (Å²) in [4.78, 5) is 7.80. The summed E-state index contributed by atoms with van der Waals surface area (Å²) < 4.78 is 5.57. The summed E-state index contributed by atoms with van der Waals surface area (Å²) in [6.45, 7) is 0. The Morgan fingerprint density at radius 2 is 2.17 bits per heavy atom. The van der Waals surface area contributed by atoms with Gasteiger partial charge in [0.1, 0.15) is 12.1 Å². The van der Waals surface area contributed by atoms with Gasteiger partial charge in [-0.25, -0.2) is 9.97 Å². The zero-order chi connectivity index (χ0) is 12.5. The Morgan fingerprint density at radius 3 is 2.89 bits per heavy atom. The number of hydrogen-bond acceptors (Lipinski definition) is 4. The highest BCUT2D eigenvalue weighted by molar-refractivity contribution is 6.34. The van der Waals surface area contributed by atoms with Gasteiger partial charge in [-0.2, -0.15) is 0 Å². The molecule has 3 aromatic rings. The van der Waals surface area contributed by atoms with Crippen LogP contribution in [0.2, 0.25) is 5.02 Å². The third kappa shape index (κ3) is 1.85. The Labute approximate surface area is 108 Å². The number of halogens is 1. The lowest BCUT2D eigenvalue weighted by Gasteiger charge is -2.05. The van der Waals surface area contributed by atoms with E-state index < -0.39 is 6.10 Å². The van der Waals surface area contributed by atoms with E-state index in [4.69, 9.17) is 16.0 Å². The van der Waals surface area contributed by atoms with Crippen LogP contribution in [-0.4, -0.2) is 15.1 Å². The number of aromatic nitrogens is 2. The highest BCUT2D eigenvalue weighted by Gasteiger charge is 2.17. The van der Waals surface area contributed by atoms with Crippen LogP contribution in [0.1, 0.15) is 17.6 Å². The lowest BCUT2D eigenvalue weighted by molar-refractivity contribution is 0.187. The van der Waals surface area contributed by atoms with Gasteiger partial charge in [-0.1, -0.05) is 23.7 Å². The van der Waals surface area contributed by atoms with Gasteiger partial charge in [0.05, 0.1) is 10.7 Å². The summed E-state index contributed by atoms with van der Waals surface area (Å²) in [6, 6.07) is 8.85. The van der Waals surface area contributed by atoms with Gasteiger partial charge in [-0.3, -0.25) is 0 Å². The molecule has 0 aliphatic carbocycles. The van der Waals surface area contributed by atoms with Crippen molar-refractivity contribution in [1.29, 1.82) is 0 Å². The monoisotopic (exact) mass is 260 g/mol. The molecule has 0 bridgehead atoms. The molecular formula is C13H9ClN2O2. The summed E-state index contributed by atoms with van der Waals surface area (Å²) in [5.41, 5.74) is 1.06. The molecule has 4 nitrogen and oxygen atoms in total. The van der Waals surface area contributed by atoms with E-state index in [1.54, 1.807) is 24.4 Å². The van der Waals surface area contributed by atoms with E-state index in [0.717, 1.165) is 5.39 Å². The zero-order valence-corrected chi connectivity index (χ0v) is 10.0. The fraction of sp³-hybridized carbons (Fsp3) is 0.0769. The van der Waals surface area contributed by atoms with E-state index >= 15 is 0 Å². The quantitative estimate of drug-likeness (QED) is 0.770. The second-order valence-electron chi connectivity index (χ2n) is 3.84. The molecule has 3 rings (SSSR count). The molecule has 0 saturated heterocycles. The van der Waals surface area contributed by atoms with Crippen LogP contribution < -0.4 is 0 Å². The molecule has 1 atom stereocenters. The molecule has 1 unspecified atom stereocenters. The zero-order valence-electron chi connectivity index (χ0n) is 9.25. The first-order valence-electron chi connectivity index (χ1n) is 5.37. The molecule has 0 spiro atoms. The normalized spacial score (nSPS) is 12.8. The number of fused-ring (bicyclic) bond motifs is 1. The van der Waals surface area contributed by atoms with Gasteiger partial charge >= 0.3 is 0 Å². The summed E-state index contributed by atoms with van der Waals surface area (Å²) in [7, 11) is 0. The molecule has 0 amide bonds. The number of hydrogen-bond donors (Lipinski definition) is 1. The van der Waals surface area contributed by atoms with Crippen LogP contribution >= 0.6 is 11.6 Å². The number of benzene rings is 1. The standard InChI is InChI=1S/C13H9ClN2O2/c14-9-3-1-2-8-6-11(18-13(8)9)12(17)10-4-5-15-7-16-10/h1-7,12,17H. The summed E-state index contributed by atoms with van der Waals surface area (Å²) in [5.74, 6) is 0.414. The van der Waals surface area contributed by atoms with Gasteiger partial charge in [-0.15, -0.1) is 0 Å². The van der Waals surface area contributed by atoms with Crippen LogP contribution in [0, 0.1) is 0 Å². The molecule has 0 saturated carbocycles. The molecule has 5 heteroatoms. The van der Waals surface area contributed by atoms with Gasteiger partial charge in [0.2, 0.25) is 0 Å². The van der Waals surface area contributed by atoms with Gasteiger partial charge in [0, 0.05) is 11.6 Å². The largest absolute Gasteiger partial charge is 0.456 e. The van der Waals surface area contributed by atoms with Crippen molar-refractivity contribution in [2.75, 3.05) is 0 Å². The van der Waals surface area contributed by atoms with Gasteiger partial charge in [0.25, 0.3) is 0 Å².